The topological polar surface area (TPSA) is 70.8 Å². The number of nitrogens with zero attached hydrogens (tertiary/aromatic N) is 3. The summed E-state index contributed by atoms with van der Waals surface area (Å²) in [6.45, 7) is 6.06. The highest BCUT2D eigenvalue weighted by atomic mass is 32.2. The van der Waals surface area contributed by atoms with Crippen LogP contribution in [0.1, 0.15) is 5.69 Å². The second-order valence-corrected chi connectivity index (χ2v) is 5.72. The van der Waals surface area contributed by atoms with Gasteiger partial charge in [-0.1, -0.05) is 11.8 Å². The van der Waals surface area contributed by atoms with E-state index in [1.165, 1.54) is 16.7 Å². The second-order valence-electron chi connectivity index (χ2n) is 4.78. The Morgan fingerprint density at radius 3 is 2.79 bits per heavy atom. The highest BCUT2D eigenvalue weighted by Crippen LogP contribution is 2.19. The number of rotatable bonds is 4. The van der Waals surface area contributed by atoms with Crippen LogP contribution in [0.2, 0.25) is 0 Å². The molecule has 0 aromatic carbocycles. The molecule has 19 heavy (non-hydrogen) atoms. The first kappa shape index (κ1) is 14.1. The van der Waals surface area contributed by atoms with Gasteiger partial charge in [0.15, 0.2) is 5.16 Å². The number of hydrogen-bond acceptors (Lipinski definition) is 5. The minimum Gasteiger partial charge on any atom is -0.481 e. The van der Waals surface area contributed by atoms with Crippen molar-refractivity contribution in [1.82, 2.24) is 9.97 Å². The van der Waals surface area contributed by atoms with Gasteiger partial charge in [0.1, 0.15) is 5.82 Å². The molecule has 1 aromatic heterocycles. The summed E-state index contributed by atoms with van der Waals surface area (Å²) in [5, 5.41) is 9.25. The highest BCUT2D eigenvalue weighted by Gasteiger charge is 2.19. The quantitative estimate of drug-likeness (QED) is 0.562. The zero-order valence-corrected chi connectivity index (χ0v) is 12.0. The molecular formula is C12H19N4O2S+. The number of anilines is 1. The van der Waals surface area contributed by atoms with Crippen LogP contribution in [-0.2, 0) is 4.79 Å². The molecule has 1 aliphatic rings. The Balaban J connectivity index is 2.09. The number of piperazine rings is 1. The molecule has 7 heteroatoms. The lowest BCUT2D eigenvalue weighted by atomic mass is 10.3. The zero-order valence-electron chi connectivity index (χ0n) is 11.2. The fourth-order valence-corrected chi connectivity index (χ4v) is 2.61. The Bertz CT molecular complexity index is 461. The van der Waals surface area contributed by atoms with Gasteiger partial charge in [-0.25, -0.2) is 9.97 Å². The van der Waals surface area contributed by atoms with E-state index in [1.807, 2.05) is 13.0 Å². The van der Waals surface area contributed by atoms with E-state index in [9.17, 15) is 4.79 Å². The molecule has 0 unspecified atom stereocenters. The number of aromatic nitrogens is 2. The minimum atomic E-state index is -0.847. The summed E-state index contributed by atoms with van der Waals surface area (Å²) in [5.41, 5.74) is 0.879. The summed E-state index contributed by atoms with van der Waals surface area (Å²) in [7, 11) is 2.19. The number of carboxylic acids is 1. The molecule has 104 valence electrons. The molecule has 0 bridgehead atoms. The third kappa shape index (κ3) is 4.07. The predicted octanol–water partition coefficient (Wildman–Crippen LogP) is -0.704. The van der Waals surface area contributed by atoms with Crippen LogP contribution in [0, 0.1) is 6.92 Å². The summed E-state index contributed by atoms with van der Waals surface area (Å²) in [5.74, 6) is 0.0585. The Kier molecular flexibility index (Phi) is 4.60. The molecule has 1 aromatic rings. The Morgan fingerprint density at radius 2 is 2.16 bits per heavy atom. The van der Waals surface area contributed by atoms with Crippen molar-refractivity contribution in [2.45, 2.75) is 12.1 Å². The van der Waals surface area contributed by atoms with Crippen LogP contribution in [0.5, 0.6) is 0 Å². The SMILES string of the molecule is Cc1cc(N2CC[NH+](C)CC2)nc(SCC(=O)O)n1. The number of likely N-dealkylation sites (N-methyl/N-ethyl adjacent to an activating group) is 1. The Hall–Kier alpha value is -1.34. The van der Waals surface area contributed by atoms with Crippen molar-refractivity contribution in [2.24, 2.45) is 0 Å². The molecule has 0 atom stereocenters. The second kappa shape index (κ2) is 6.21. The number of carbonyl (C=O) groups is 1. The van der Waals surface area contributed by atoms with E-state index in [0.29, 0.717) is 5.16 Å². The van der Waals surface area contributed by atoms with E-state index in [4.69, 9.17) is 5.11 Å². The van der Waals surface area contributed by atoms with Gasteiger partial charge in [0.2, 0.25) is 0 Å². The molecule has 0 amide bonds. The number of nitrogens with one attached hydrogen (secondary N) is 1. The van der Waals surface area contributed by atoms with Gasteiger partial charge < -0.3 is 14.9 Å². The normalized spacial score (nSPS) is 16.6. The summed E-state index contributed by atoms with van der Waals surface area (Å²) < 4.78 is 0. The van der Waals surface area contributed by atoms with Gasteiger partial charge in [-0.3, -0.25) is 4.79 Å². The van der Waals surface area contributed by atoms with Gasteiger partial charge in [-0.05, 0) is 6.92 Å². The average molecular weight is 283 g/mol. The van der Waals surface area contributed by atoms with Gasteiger partial charge in [-0.2, -0.15) is 0 Å². The first-order valence-corrected chi connectivity index (χ1v) is 7.29. The van der Waals surface area contributed by atoms with Crippen LogP contribution in [0.15, 0.2) is 11.2 Å². The molecule has 2 rings (SSSR count). The maximum absolute atomic E-state index is 10.6. The van der Waals surface area contributed by atoms with E-state index in [2.05, 4.69) is 21.9 Å². The lowest BCUT2D eigenvalue weighted by Gasteiger charge is -2.31. The van der Waals surface area contributed by atoms with Gasteiger partial charge >= 0.3 is 5.97 Å². The van der Waals surface area contributed by atoms with E-state index >= 15 is 0 Å². The minimum absolute atomic E-state index is 0.00419. The maximum Gasteiger partial charge on any atom is 0.313 e. The standard InChI is InChI=1S/C12H18N4O2S/c1-9-7-10(16-5-3-15(2)4-6-16)14-12(13-9)19-8-11(17)18/h7H,3-6,8H2,1-2H3,(H,17,18)/p+1. The number of hydrogen-bond donors (Lipinski definition) is 2. The molecule has 6 nitrogen and oxygen atoms in total. The van der Waals surface area contributed by atoms with Crippen LogP contribution in [0.3, 0.4) is 0 Å². The fourth-order valence-electron chi connectivity index (χ4n) is 2.00. The molecule has 1 fully saturated rings. The van der Waals surface area contributed by atoms with Crippen LogP contribution in [-0.4, -0.2) is 60.0 Å². The molecule has 1 aliphatic heterocycles. The van der Waals surface area contributed by atoms with Crippen molar-refractivity contribution in [3.8, 4) is 0 Å². The molecular weight excluding hydrogens is 264 g/mol. The van der Waals surface area contributed by atoms with Crippen molar-refractivity contribution in [2.75, 3.05) is 43.9 Å². The van der Waals surface area contributed by atoms with Gasteiger partial charge in [-0.15, -0.1) is 0 Å². The van der Waals surface area contributed by atoms with Crippen molar-refractivity contribution in [3.05, 3.63) is 11.8 Å². The molecule has 2 N–H and O–H groups in total. The summed E-state index contributed by atoms with van der Waals surface area (Å²) >= 11 is 1.17. The monoisotopic (exact) mass is 283 g/mol. The van der Waals surface area contributed by atoms with Crippen LogP contribution >= 0.6 is 11.8 Å². The first-order chi connectivity index (χ1) is 9.04. The summed E-state index contributed by atoms with van der Waals surface area (Å²) in [6, 6.07) is 1.96. The predicted molar refractivity (Wildman–Crippen MR) is 74.0 cm³/mol. The first-order valence-electron chi connectivity index (χ1n) is 6.31. The van der Waals surface area contributed by atoms with Crippen LogP contribution in [0.4, 0.5) is 5.82 Å². The molecule has 1 saturated heterocycles. The molecule has 2 heterocycles. The van der Waals surface area contributed by atoms with Crippen molar-refractivity contribution in [3.63, 3.8) is 0 Å². The van der Waals surface area contributed by atoms with E-state index in [1.54, 1.807) is 0 Å². The van der Waals surface area contributed by atoms with E-state index < -0.39 is 5.97 Å². The van der Waals surface area contributed by atoms with Crippen molar-refractivity contribution < 1.29 is 14.8 Å². The number of aliphatic carboxylic acids is 1. The number of quaternary nitrogens is 1. The largest absolute Gasteiger partial charge is 0.481 e. The van der Waals surface area contributed by atoms with Gasteiger partial charge in [0.25, 0.3) is 0 Å². The fraction of sp³-hybridized carbons (Fsp3) is 0.583. The van der Waals surface area contributed by atoms with Crippen LogP contribution in [0.25, 0.3) is 0 Å². The highest BCUT2D eigenvalue weighted by molar-refractivity contribution is 7.99. The maximum atomic E-state index is 10.6. The van der Waals surface area contributed by atoms with Gasteiger partial charge in [0.05, 0.1) is 39.0 Å². The number of aryl methyl sites for hydroxylation is 1. The lowest BCUT2D eigenvalue weighted by molar-refractivity contribution is -0.880. The third-order valence-corrected chi connectivity index (χ3v) is 3.92. The molecule has 0 saturated carbocycles. The van der Waals surface area contributed by atoms with Crippen LogP contribution < -0.4 is 9.80 Å². The van der Waals surface area contributed by atoms with Gasteiger partial charge in [0, 0.05) is 11.8 Å². The number of carboxylic acid groups (broad SMARTS) is 1. The molecule has 0 spiro atoms. The Labute approximate surface area is 116 Å². The third-order valence-electron chi connectivity index (χ3n) is 3.09. The lowest BCUT2D eigenvalue weighted by Crippen LogP contribution is -3.12. The van der Waals surface area contributed by atoms with Crippen molar-refractivity contribution in [1.29, 1.82) is 0 Å². The van der Waals surface area contributed by atoms with Crippen molar-refractivity contribution >= 4 is 23.5 Å². The number of thioether (sulfide) groups is 1. The summed E-state index contributed by atoms with van der Waals surface area (Å²) in [6.07, 6.45) is 0. The van der Waals surface area contributed by atoms with E-state index in [-0.39, 0.29) is 5.75 Å². The Morgan fingerprint density at radius 1 is 1.47 bits per heavy atom. The summed E-state index contributed by atoms with van der Waals surface area (Å²) in [4.78, 5) is 23.1. The zero-order chi connectivity index (χ0) is 13.8. The van der Waals surface area contributed by atoms with E-state index in [0.717, 1.165) is 37.7 Å². The smallest absolute Gasteiger partial charge is 0.313 e. The molecule has 0 radical (unpaired) electrons. The molecule has 0 aliphatic carbocycles. The average Bonchev–Trinajstić information content (AvgIpc) is 2.36.